The molecule has 0 radical (unpaired) electrons. The molecule has 2 N–H and O–H groups in total. The molecular formula is C34H28BrCl2F3N2O4. The number of nitrogens with one attached hydrogen (secondary N) is 1. The standard InChI is InChI=1S/C34H28BrCl2F3N2O4/c35-24-10-6-21(7-11-24)19-33(32(44)41-20-23-4-1-2-5-28(23)34(38,39)40)30(27-15-12-25(36)18-29(27)37)46-31(42-33)22-8-13-26(14-9-22)45-17-3-16-43/h1-2,4-15,18,30,43H,3,16-17,19-20H2,(H,41,44)/t30-,33-/m1/s1. The summed E-state index contributed by atoms with van der Waals surface area (Å²) in [6, 6.07) is 24.0. The first kappa shape index (κ1) is 33.8. The van der Waals surface area contributed by atoms with E-state index < -0.39 is 35.8 Å². The monoisotopic (exact) mass is 734 g/mol. The van der Waals surface area contributed by atoms with Crippen molar-refractivity contribution < 1.29 is 32.5 Å². The highest BCUT2D eigenvalue weighted by molar-refractivity contribution is 9.10. The molecule has 0 bridgehead atoms. The molecular weight excluding hydrogens is 708 g/mol. The zero-order valence-electron chi connectivity index (χ0n) is 24.2. The Morgan fingerprint density at radius 2 is 1.74 bits per heavy atom. The number of amides is 1. The predicted octanol–water partition coefficient (Wildman–Crippen LogP) is 8.35. The van der Waals surface area contributed by atoms with Crippen molar-refractivity contribution in [3.05, 3.63) is 133 Å². The van der Waals surface area contributed by atoms with Gasteiger partial charge in [-0.2, -0.15) is 13.2 Å². The summed E-state index contributed by atoms with van der Waals surface area (Å²) in [7, 11) is 0. The Bertz CT molecular complexity index is 1720. The highest BCUT2D eigenvalue weighted by atomic mass is 79.9. The summed E-state index contributed by atoms with van der Waals surface area (Å²) < 4.78 is 54.3. The summed E-state index contributed by atoms with van der Waals surface area (Å²) in [5, 5.41) is 12.4. The average Bonchev–Trinajstić information content (AvgIpc) is 3.41. The Balaban J connectivity index is 1.59. The molecule has 0 aromatic heterocycles. The van der Waals surface area contributed by atoms with E-state index >= 15 is 0 Å². The van der Waals surface area contributed by atoms with Crippen LogP contribution in [0.3, 0.4) is 0 Å². The van der Waals surface area contributed by atoms with Gasteiger partial charge in [-0.05, 0) is 65.7 Å². The Hall–Kier alpha value is -3.57. The molecule has 5 rings (SSSR count). The second-order valence-electron chi connectivity index (χ2n) is 10.6. The van der Waals surface area contributed by atoms with Gasteiger partial charge >= 0.3 is 6.18 Å². The minimum Gasteiger partial charge on any atom is -0.494 e. The van der Waals surface area contributed by atoms with Crippen molar-refractivity contribution in [2.75, 3.05) is 13.2 Å². The molecule has 4 aromatic carbocycles. The highest BCUT2D eigenvalue weighted by Gasteiger charge is 2.54. The van der Waals surface area contributed by atoms with Crippen molar-refractivity contribution in [1.29, 1.82) is 0 Å². The molecule has 1 aliphatic heterocycles. The maximum atomic E-state index is 14.4. The van der Waals surface area contributed by atoms with Crippen LogP contribution >= 0.6 is 39.1 Å². The molecule has 4 aromatic rings. The van der Waals surface area contributed by atoms with E-state index in [1.54, 1.807) is 36.4 Å². The molecule has 6 nitrogen and oxygen atoms in total. The van der Waals surface area contributed by atoms with Crippen molar-refractivity contribution >= 4 is 50.9 Å². The lowest BCUT2D eigenvalue weighted by Gasteiger charge is -2.31. The van der Waals surface area contributed by atoms with Crippen LogP contribution in [0.25, 0.3) is 0 Å². The topological polar surface area (TPSA) is 80.2 Å². The summed E-state index contributed by atoms with van der Waals surface area (Å²) in [5.74, 6) is 0.0542. The summed E-state index contributed by atoms with van der Waals surface area (Å²) in [6.07, 6.45) is -5.18. The van der Waals surface area contributed by atoms with E-state index in [1.165, 1.54) is 24.3 Å². The summed E-state index contributed by atoms with van der Waals surface area (Å²) >= 11 is 16.3. The van der Waals surface area contributed by atoms with E-state index in [0.29, 0.717) is 34.9 Å². The molecule has 46 heavy (non-hydrogen) atoms. The van der Waals surface area contributed by atoms with E-state index in [1.807, 2.05) is 24.3 Å². The number of nitrogens with zero attached hydrogens (tertiary/aromatic N) is 1. The number of aliphatic hydroxyl groups is 1. The van der Waals surface area contributed by atoms with E-state index in [0.717, 1.165) is 16.1 Å². The second-order valence-corrected chi connectivity index (χ2v) is 12.4. The third kappa shape index (κ3) is 7.69. The zero-order chi connectivity index (χ0) is 32.9. The normalized spacial score (nSPS) is 17.7. The SMILES string of the molecule is O=C(NCc1ccccc1C(F)(F)F)[C@]1(Cc2ccc(Br)cc2)N=C(c2ccc(OCCCO)cc2)O[C@@H]1c1ccc(Cl)cc1Cl. The Kier molecular flexibility index (Phi) is 10.6. The van der Waals surface area contributed by atoms with Crippen LogP contribution in [0.5, 0.6) is 5.75 Å². The largest absolute Gasteiger partial charge is 0.494 e. The number of aliphatic hydroxyl groups excluding tert-OH is 1. The Labute approximate surface area is 282 Å². The number of aliphatic imine (C=N–C) groups is 1. The third-order valence-electron chi connectivity index (χ3n) is 7.42. The van der Waals surface area contributed by atoms with E-state index in [4.69, 9.17) is 42.8 Å². The highest BCUT2D eigenvalue weighted by Crippen LogP contribution is 2.45. The fourth-order valence-corrected chi connectivity index (χ4v) is 5.94. The minimum atomic E-state index is -4.61. The van der Waals surface area contributed by atoms with Gasteiger partial charge in [0.25, 0.3) is 5.91 Å². The quantitative estimate of drug-likeness (QED) is 0.152. The van der Waals surface area contributed by atoms with Gasteiger partial charge in [0, 0.05) is 51.6 Å². The molecule has 0 unspecified atom stereocenters. The molecule has 2 atom stereocenters. The van der Waals surface area contributed by atoms with Crippen LogP contribution in [0.4, 0.5) is 13.2 Å². The molecule has 1 aliphatic rings. The summed E-state index contributed by atoms with van der Waals surface area (Å²) in [5.41, 5.74) is -0.935. The van der Waals surface area contributed by atoms with E-state index in [9.17, 15) is 18.0 Å². The van der Waals surface area contributed by atoms with Gasteiger partial charge in [-0.3, -0.25) is 4.79 Å². The van der Waals surface area contributed by atoms with Crippen molar-refractivity contribution in [3.8, 4) is 5.75 Å². The first-order chi connectivity index (χ1) is 22.0. The van der Waals surface area contributed by atoms with Crippen molar-refractivity contribution in [2.24, 2.45) is 4.99 Å². The van der Waals surface area contributed by atoms with Crippen LogP contribution in [0.15, 0.2) is 100 Å². The lowest BCUT2D eigenvalue weighted by molar-refractivity contribution is -0.138. The molecule has 0 saturated carbocycles. The second kappa shape index (κ2) is 14.5. The minimum absolute atomic E-state index is 0.00167. The smallest absolute Gasteiger partial charge is 0.416 e. The van der Waals surface area contributed by atoms with Gasteiger partial charge in [-0.25, -0.2) is 4.99 Å². The van der Waals surface area contributed by atoms with Gasteiger partial charge in [0.2, 0.25) is 5.90 Å². The molecule has 1 heterocycles. The van der Waals surface area contributed by atoms with Crippen LogP contribution in [0, 0.1) is 0 Å². The van der Waals surface area contributed by atoms with E-state index in [-0.39, 0.29) is 29.5 Å². The number of carbonyl (C=O) groups is 1. The van der Waals surface area contributed by atoms with Gasteiger partial charge in [0.15, 0.2) is 11.6 Å². The van der Waals surface area contributed by atoms with E-state index in [2.05, 4.69) is 21.2 Å². The maximum absolute atomic E-state index is 14.4. The number of carbonyl (C=O) groups excluding carboxylic acids is 1. The van der Waals surface area contributed by atoms with Crippen molar-refractivity contribution in [2.45, 2.75) is 37.2 Å². The molecule has 0 fully saturated rings. The number of alkyl halides is 3. The Morgan fingerprint density at radius 1 is 1.02 bits per heavy atom. The van der Waals surface area contributed by atoms with Gasteiger partial charge < -0.3 is 19.9 Å². The molecule has 240 valence electrons. The summed E-state index contributed by atoms with van der Waals surface area (Å²) in [4.78, 5) is 19.3. The first-order valence-electron chi connectivity index (χ1n) is 14.2. The third-order valence-corrected chi connectivity index (χ3v) is 8.52. The van der Waals surface area contributed by atoms with Gasteiger partial charge in [0.05, 0.1) is 12.2 Å². The van der Waals surface area contributed by atoms with Crippen LogP contribution in [0.2, 0.25) is 10.0 Å². The molecule has 1 amide bonds. The van der Waals surface area contributed by atoms with Crippen LogP contribution in [0.1, 0.15) is 40.3 Å². The van der Waals surface area contributed by atoms with Crippen molar-refractivity contribution in [1.82, 2.24) is 5.32 Å². The number of hydrogen-bond acceptors (Lipinski definition) is 5. The molecule has 0 saturated heterocycles. The first-order valence-corrected chi connectivity index (χ1v) is 15.8. The van der Waals surface area contributed by atoms with Crippen LogP contribution < -0.4 is 10.1 Å². The average molecular weight is 736 g/mol. The van der Waals surface area contributed by atoms with Crippen molar-refractivity contribution in [3.63, 3.8) is 0 Å². The fraction of sp³-hybridized carbons (Fsp3) is 0.235. The predicted molar refractivity (Wildman–Crippen MR) is 174 cm³/mol. The van der Waals surface area contributed by atoms with Crippen LogP contribution in [-0.4, -0.2) is 35.7 Å². The zero-order valence-corrected chi connectivity index (χ0v) is 27.3. The maximum Gasteiger partial charge on any atom is 0.416 e. The summed E-state index contributed by atoms with van der Waals surface area (Å²) in [6.45, 7) is -0.0670. The van der Waals surface area contributed by atoms with Gasteiger partial charge in [0.1, 0.15) is 5.75 Å². The van der Waals surface area contributed by atoms with Gasteiger partial charge in [-0.15, -0.1) is 0 Å². The number of hydrogen-bond donors (Lipinski definition) is 2. The van der Waals surface area contributed by atoms with Gasteiger partial charge in [-0.1, -0.05) is 75.5 Å². The molecule has 12 heteroatoms. The Morgan fingerprint density at radius 3 is 2.41 bits per heavy atom. The van der Waals surface area contributed by atoms with Crippen LogP contribution in [-0.2, 0) is 28.7 Å². The number of rotatable bonds is 11. The lowest BCUT2D eigenvalue weighted by Crippen LogP contribution is -2.49. The number of ether oxygens (including phenoxy) is 2. The fourth-order valence-electron chi connectivity index (χ4n) is 5.17. The lowest BCUT2D eigenvalue weighted by atomic mass is 9.82. The molecule has 0 aliphatic carbocycles. The number of halogens is 6. The number of benzene rings is 4. The molecule has 0 spiro atoms.